The molecule has 0 atom stereocenters. The highest BCUT2D eigenvalue weighted by atomic mass is 35.7. The number of hydrogen-bond acceptors (Lipinski definition) is 4. The normalized spacial score (nSPS) is 15.4. The van der Waals surface area contributed by atoms with Gasteiger partial charge in [0.2, 0.25) is 0 Å². The van der Waals surface area contributed by atoms with E-state index in [4.69, 9.17) is 27.0 Å². The van der Waals surface area contributed by atoms with E-state index < -0.39 is 15.0 Å². The van der Waals surface area contributed by atoms with E-state index in [1.807, 2.05) is 0 Å². The number of halogens is 2. The molecule has 1 aromatic rings. The van der Waals surface area contributed by atoms with Crippen LogP contribution in [0.5, 0.6) is 0 Å². The summed E-state index contributed by atoms with van der Waals surface area (Å²) in [5.41, 5.74) is 0.0130. The summed E-state index contributed by atoms with van der Waals surface area (Å²) >= 11 is 5.83. The average Bonchev–Trinajstić information content (AvgIpc) is 3.08. The zero-order valence-electron chi connectivity index (χ0n) is 9.23. The Balaban J connectivity index is 2.22. The fraction of sp³-hybridized carbons (Fsp3) is 0.364. The number of carbonyl (C=O) groups excluding carboxylic acids is 1. The third kappa shape index (κ3) is 3.37. The number of rotatable bonds is 4. The summed E-state index contributed by atoms with van der Waals surface area (Å²) in [6.45, 7) is 0.340. The van der Waals surface area contributed by atoms with E-state index in [-0.39, 0.29) is 15.5 Å². The SMILES string of the molecule is O=C(OCC1CC1)c1cc(S(=O)(=O)Cl)ccc1Cl. The standard InChI is InChI=1S/C11H10Cl2O4S/c12-10-4-3-8(18(13,15)16)5-9(10)11(14)17-6-7-1-2-7/h3-5,7H,1-2,6H2. The summed E-state index contributed by atoms with van der Waals surface area (Å²) in [5.74, 6) is -0.207. The van der Waals surface area contributed by atoms with Gasteiger partial charge in [0.15, 0.2) is 0 Å². The second kappa shape index (κ2) is 5.07. The lowest BCUT2D eigenvalue weighted by Gasteiger charge is -2.06. The van der Waals surface area contributed by atoms with Crippen molar-refractivity contribution in [1.29, 1.82) is 0 Å². The molecule has 1 fully saturated rings. The molecule has 0 aromatic heterocycles. The summed E-state index contributed by atoms with van der Waals surface area (Å²) in [5, 5.41) is 0.139. The first kappa shape index (κ1) is 13.6. The monoisotopic (exact) mass is 308 g/mol. The molecule has 0 aliphatic heterocycles. The van der Waals surface area contributed by atoms with Crippen LogP contribution in [0.1, 0.15) is 23.2 Å². The van der Waals surface area contributed by atoms with Crippen LogP contribution in [0.3, 0.4) is 0 Å². The predicted octanol–water partition coefficient (Wildman–Crippen LogP) is 2.83. The minimum absolute atomic E-state index is 0.0130. The molecule has 0 heterocycles. The predicted molar refractivity (Wildman–Crippen MR) is 67.5 cm³/mol. The molecule has 4 nitrogen and oxygen atoms in total. The van der Waals surface area contributed by atoms with E-state index in [9.17, 15) is 13.2 Å². The Morgan fingerprint density at radius 1 is 1.39 bits per heavy atom. The topological polar surface area (TPSA) is 60.4 Å². The molecule has 0 unspecified atom stereocenters. The van der Waals surface area contributed by atoms with Gasteiger partial charge < -0.3 is 4.74 Å². The zero-order chi connectivity index (χ0) is 13.3. The van der Waals surface area contributed by atoms with Gasteiger partial charge in [0, 0.05) is 10.7 Å². The summed E-state index contributed by atoms with van der Waals surface area (Å²) in [7, 11) is 1.31. The molecule has 0 radical (unpaired) electrons. The maximum absolute atomic E-state index is 11.7. The maximum atomic E-state index is 11.7. The molecule has 1 saturated carbocycles. The minimum atomic E-state index is -3.89. The van der Waals surface area contributed by atoms with Gasteiger partial charge in [-0.2, -0.15) is 0 Å². The molecule has 1 aliphatic rings. The van der Waals surface area contributed by atoms with Gasteiger partial charge in [-0.05, 0) is 37.0 Å². The van der Waals surface area contributed by atoms with Crippen LogP contribution in [0.4, 0.5) is 0 Å². The van der Waals surface area contributed by atoms with Crippen LogP contribution in [-0.4, -0.2) is 21.0 Å². The van der Waals surface area contributed by atoms with Gasteiger partial charge in [0.1, 0.15) is 0 Å². The van der Waals surface area contributed by atoms with Crippen LogP contribution in [0.2, 0.25) is 5.02 Å². The van der Waals surface area contributed by atoms with Crippen LogP contribution < -0.4 is 0 Å². The van der Waals surface area contributed by atoms with Gasteiger partial charge >= 0.3 is 5.97 Å². The first-order valence-electron chi connectivity index (χ1n) is 5.29. The van der Waals surface area contributed by atoms with Crippen molar-refractivity contribution in [3.05, 3.63) is 28.8 Å². The Morgan fingerprint density at radius 3 is 2.61 bits per heavy atom. The molecule has 1 aliphatic carbocycles. The number of ether oxygens (including phenoxy) is 1. The maximum Gasteiger partial charge on any atom is 0.339 e. The van der Waals surface area contributed by atoms with Crippen molar-refractivity contribution in [3.63, 3.8) is 0 Å². The van der Waals surface area contributed by atoms with Gasteiger partial charge in [-0.3, -0.25) is 0 Å². The van der Waals surface area contributed by atoms with Gasteiger partial charge in [-0.1, -0.05) is 11.6 Å². The average molecular weight is 309 g/mol. The molecule has 0 saturated heterocycles. The van der Waals surface area contributed by atoms with E-state index >= 15 is 0 Å². The van der Waals surface area contributed by atoms with Crippen molar-refractivity contribution in [3.8, 4) is 0 Å². The van der Waals surface area contributed by atoms with Crippen molar-refractivity contribution in [2.75, 3.05) is 6.61 Å². The van der Waals surface area contributed by atoms with E-state index in [0.29, 0.717) is 12.5 Å². The zero-order valence-corrected chi connectivity index (χ0v) is 11.6. The summed E-state index contributed by atoms with van der Waals surface area (Å²) in [4.78, 5) is 11.6. The highest BCUT2D eigenvalue weighted by Crippen LogP contribution is 2.30. The van der Waals surface area contributed by atoms with Crippen molar-refractivity contribution >= 4 is 37.3 Å². The number of esters is 1. The van der Waals surface area contributed by atoms with E-state index in [2.05, 4.69) is 0 Å². The summed E-state index contributed by atoms with van der Waals surface area (Å²) in [6.07, 6.45) is 2.11. The molecule has 0 amide bonds. The summed E-state index contributed by atoms with van der Waals surface area (Å²) in [6, 6.07) is 3.67. The fourth-order valence-electron chi connectivity index (χ4n) is 1.37. The van der Waals surface area contributed by atoms with Crippen molar-refractivity contribution in [1.82, 2.24) is 0 Å². The van der Waals surface area contributed by atoms with E-state index in [1.165, 1.54) is 12.1 Å². The van der Waals surface area contributed by atoms with Crippen molar-refractivity contribution in [2.45, 2.75) is 17.7 Å². The fourth-order valence-corrected chi connectivity index (χ4v) is 2.34. The quantitative estimate of drug-likeness (QED) is 0.634. The molecule has 0 N–H and O–H groups in total. The second-order valence-electron chi connectivity index (χ2n) is 4.12. The highest BCUT2D eigenvalue weighted by Gasteiger charge is 2.24. The first-order valence-corrected chi connectivity index (χ1v) is 7.98. The smallest absolute Gasteiger partial charge is 0.339 e. The van der Waals surface area contributed by atoms with Crippen molar-refractivity contribution in [2.24, 2.45) is 5.92 Å². The molecular weight excluding hydrogens is 299 g/mol. The Labute approximate surface area is 114 Å². The Morgan fingerprint density at radius 2 is 2.06 bits per heavy atom. The van der Waals surface area contributed by atoms with Crippen molar-refractivity contribution < 1.29 is 17.9 Å². The first-order chi connectivity index (χ1) is 8.38. The molecule has 0 spiro atoms. The van der Waals surface area contributed by atoms with Crippen LogP contribution >= 0.6 is 22.3 Å². The van der Waals surface area contributed by atoms with Gasteiger partial charge in [0.05, 0.1) is 22.1 Å². The molecule has 0 bridgehead atoms. The Hall–Kier alpha value is -0.780. The molecule has 98 valence electrons. The lowest BCUT2D eigenvalue weighted by molar-refractivity contribution is 0.0486. The van der Waals surface area contributed by atoms with Crippen LogP contribution in [-0.2, 0) is 13.8 Å². The molecular formula is C11H10Cl2O4S. The van der Waals surface area contributed by atoms with Gasteiger partial charge in [0.25, 0.3) is 9.05 Å². The van der Waals surface area contributed by atoms with Crippen LogP contribution in [0.25, 0.3) is 0 Å². The number of benzene rings is 1. The van der Waals surface area contributed by atoms with Crippen LogP contribution in [0, 0.1) is 5.92 Å². The largest absolute Gasteiger partial charge is 0.462 e. The Bertz CT molecular complexity index is 579. The third-order valence-corrected chi connectivity index (χ3v) is 4.27. The Kier molecular flexibility index (Phi) is 3.84. The van der Waals surface area contributed by atoms with Crippen LogP contribution in [0.15, 0.2) is 23.1 Å². The molecule has 1 aromatic carbocycles. The minimum Gasteiger partial charge on any atom is -0.462 e. The lowest BCUT2D eigenvalue weighted by atomic mass is 10.2. The highest BCUT2D eigenvalue weighted by molar-refractivity contribution is 8.13. The lowest BCUT2D eigenvalue weighted by Crippen LogP contribution is -2.09. The van der Waals surface area contributed by atoms with Gasteiger partial charge in [-0.25, -0.2) is 13.2 Å². The molecule has 18 heavy (non-hydrogen) atoms. The third-order valence-electron chi connectivity index (χ3n) is 2.59. The second-order valence-corrected chi connectivity index (χ2v) is 7.09. The number of carbonyl (C=O) groups is 1. The van der Waals surface area contributed by atoms with E-state index in [1.54, 1.807) is 0 Å². The summed E-state index contributed by atoms with van der Waals surface area (Å²) < 4.78 is 27.4. The number of hydrogen-bond donors (Lipinski definition) is 0. The molecule has 7 heteroatoms. The van der Waals surface area contributed by atoms with E-state index in [0.717, 1.165) is 18.9 Å². The van der Waals surface area contributed by atoms with Gasteiger partial charge in [-0.15, -0.1) is 0 Å². The molecule has 2 rings (SSSR count).